The molecule has 78 valence electrons. The van der Waals surface area contributed by atoms with Crippen LogP contribution in [0.4, 0.5) is 0 Å². The van der Waals surface area contributed by atoms with Crippen molar-refractivity contribution in [2.45, 2.75) is 25.4 Å². The van der Waals surface area contributed by atoms with Crippen molar-refractivity contribution < 1.29 is 4.74 Å². The van der Waals surface area contributed by atoms with E-state index in [1.807, 2.05) is 13.2 Å². The zero-order valence-electron chi connectivity index (χ0n) is 8.44. The standard InChI is InChI=1S/C9H16N4O/c1-13-6-9(11-12-13)5-10-8-3-2-4-14-7-8/h6,8,10H,2-5,7H2,1H3. The highest BCUT2D eigenvalue weighted by Gasteiger charge is 2.13. The van der Waals surface area contributed by atoms with E-state index in [1.165, 1.54) is 6.42 Å². The summed E-state index contributed by atoms with van der Waals surface area (Å²) in [5, 5.41) is 11.3. The van der Waals surface area contributed by atoms with E-state index in [4.69, 9.17) is 4.74 Å². The second-order valence-corrected chi connectivity index (χ2v) is 3.68. The van der Waals surface area contributed by atoms with Gasteiger partial charge in [0.1, 0.15) is 0 Å². The van der Waals surface area contributed by atoms with Gasteiger partial charge < -0.3 is 10.1 Å². The minimum Gasteiger partial charge on any atom is -0.380 e. The summed E-state index contributed by atoms with van der Waals surface area (Å²) in [6.07, 6.45) is 4.27. The van der Waals surface area contributed by atoms with Crippen molar-refractivity contribution in [3.05, 3.63) is 11.9 Å². The molecule has 2 heterocycles. The first-order valence-corrected chi connectivity index (χ1v) is 5.01. The van der Waals surface area contributed by atoms with Crippen LogP contribution in [0.5, 0.6) is 0 Å². The lowest BCUT2D eigenvalue weighted by atomic mass is 10.1. The fourth-order valence-electron chi connectivity index (χ4n) is 1.63. The number of nitrogens with one attached hydrogen (secondary N) is 1. The third kappa shape index (κ3) is 2.52. The molecule has 0 aliphatic carbocycles. The van der Waals surface area contributed by atoms with Gasteiger partial charge >= 0.3 is 0 Å². The van der Waals surface area contributed by atoms with Crippen molar-refractivity contribution in [1.29, 1.82) is 0 Å². The van der Waals surface area contributed by atoms with Gasteiger partial charge in [0, 0.05) is 32.4 Å². The quantitative estimate of drug-likeness (QED) is 0.744. The second kappa shape index (κ2) is 4.52. The molecule has 14 heavy (non-hydrogen) atoms. The first-order chi connectivity index (χ1) is 6.84. The Bertz CT molecular complexity index is 280. The summed E-state index contributed by atoms with van der Waals surface area (Å²) in [5.74, 6) is 0. The Morgan fingerprint density at radius 3 is 3.29 bits per heavy atom. The Balaban J connectivity index is 1.76. The van der Waals surface area contributed by atoms with Crippen LogP contribution in [0, 0.1) is 0 Å². The summed E-state index contributed by atoms with van der Waals surface area (Å²) in [4.78, 5) is 0. The Hall–Kier alpha value is -0.940. The Morgan fingerprint density at radius 1 is 1.71 bits per heavy atom. The molecule has 5 heteroatoms. The van der Waals surface area contributed by atoms with Crippen molar-refractivity contribution in [1.82, 2.24) is 20.3 Å². The van der Waals surface area contributed by atoms with Crippen molar-refractivity contribution in [3.8, 4) is 0 Å². The topological polar surface area (TPSA) is 52.0 Å². The molecular weight excluding hydrogens is 180 g/mol. The lowest BCUT2D eigenvalue weighted by Crippen LogP contribution is -2.36. The molecule has 1 N–H and O–H groups in total. The predicted molar refractivity (Wildman–Crippen MR) is 51.7 cm³/mol. The first kappa shape index (κ1) is 9.61. The number of aryl methyl sites for hydroxylation is 1. The summed E-state index contributed by atoms with van der Waals surface area (Å²) >= 11 is 0. The number of nitrogens with zero attached hydrogens (tertiary/aromatic N) is 3. The molecule has 1 saturated heterocycles. The molecule has 0 radical (unpaired) electrons. The molecule has 1 fully saturated rings. The Morgan fingerprint density at radius 2 is 2.64 bits per heavy atom. The van der Waals surface area contributed by atoms with Gasteiger partial charge in [-0.3, -0.25) is 4.68 Å². The third-order valence-corrected chi connectivity index (χ3v) is 2.38. The maximum atomic E-state index is 5.37. The van der Waals surface area contributed by atoms with Gasteiger partial charge in [-0.05, 0) is 12.8 Å². The Labute approximate surface area is 83.4 Å². The lowest BCUT2D eigenvalue weighted by Gasteiger charge is -2.22. The molecule has 2 rings (SSSR count). The molecular formula is C9H16N4O. The highest BCUT2D eigenvalue weighted by Crippen LogP contribution is 2.06. The highest BCUT2D eigenvalue weighted by atomic mass is 16.5. The largest absolute Gasteiger partial charge is 0.380 e. The van der Waals surface area contributed by atoms with Gasteiger partial charge in [-0.2, -0.15) is 0 Å². The van der Waals surface area contributed by atoms with Crippen LogP contribution in [0.3, 0.4) is 0 Å². The third-order valence-electron chi connectivity index (χ3n) is 2.38. The lowest BCUT2D eigenvalue weighted by molar-refractivity contribution is 0.0698. The van der Waals surface area contributed by atoms with Crippen LogP contribution in [-0.4, -0.2) is 34.2 Å². The molecule has 1 atom stereocenters. The summed E-state index contributed by atoms with van der Waals surface area (Å²) in [5.41, 5.74) is 0.984. The molecule has 1 aromatic rings. The van der Waals surface area contributed by atoms with Crippen LogP contribution >= 0.6 is 0 Å². The minimum atomic E-state index is 0.478. The van der Waals surface area contributed by atoms with Gasteiger partial charge in [0.2, 0.25) is 0 Å². The number of ether oxygens (including phenoxy) is 1. The molecule has 5 nitrogen and oxygen atoms in total. The van der Waals surface area contributed by atoms with E-state index in [1.54, 1.807) is 4.68 Å². The average Bonchev–Trinajstić information content (AvgIpc) is 2.63. The van der Waals surface area contributed by atoms with E-state index in [0.29, 0.717) is 6.04 Å². The van der Waals surface area contributed by atoms with Gasteiger partial charge in [-0.25, -0.2) is 0 Å². The number of aromatic nitrogens is 3. The van der Waals surface area contributed by atoms with Crippen LogP contribution in [0.2, 0.25) is 0 Å². The van der Waals surface area contributed by atoms with Gasteiger partial charge in [0.05, 0.1) is 12.3 Å². The summed E-state index contributed by atoms with van der Waals surface area (Å²) in [6, 6.07) is 0.478. The summed E-state index contributed by atoms with van der Waals surface area (Å²) in [6.45, 7) is 2.51. The van der Waals surface area contributed by atoms with Crippen molar-refractivity contribution in [3.63, 3.8) is 0 Å². The summed E-state index contributed by atoms with van der Waals surface area (Å²) < 4.78 is 7.09. The van der Waals surface area contributed by atoms with Crippen molar-refractivity contribution in [2.24, 2.45) is 7.05 Å². The highest BCUT2D eigenvalue weighted by molar-refractivity contribution is 4.91. The summed E-state index contributed by atoms with van der Waals surface area (Å²) in [7, 11) is 1.88. The fraction of sp³-hybridized carbons (Fsp3) is 0.778. The van der Waals surface area contributed by atoms with E-state index in [2.05, 4.69) is 15.6 Å². The van der Waals surface area contributed by atoms with Crippen LogP contribution < -0.4 is 5.32 Å². The van der Waals surface area contributed by atoms with E-state index < -0.39 is 0 Å². The fourth-order valence-corrected chi connectivity index (χ4v) is 1.63. The van der Waals surface area contributed by atoms with Crippen LogP contribution in [0.25, 0.3) is 0 Å². The molecule has 0 bridgehead atoms. The van der Waals surface area contributed by atoms with E-state index in [0.717, 1.165) is 31.9 Å². The van der Waals surface area contributed by atoms with Crippen LogP contribution in [-0.2, 0) is 18.3 Å². The normalized spacial score (nSPS) is 22.5. The van der Waals surface area contributed by atoms with E-state index in [-0.39, 0.29) is 0 Å². The zero-order chi connectivity index (χ0) is 9.80. The van der Waals surface area contributed by atoms with E-state index >= 15 is 0 Å². The molecule has 1 unspecified atom stereocenters. The average molecular weight is 196 g/mol. The second-order valence-electron chi connectivity index (χ2n) is 3.68. The number of rotatable bonds is 3. The number of hydrogen-bond donors (Lipinski definition) is 1. The van der Waals surface area contributed by atoms with Crippen molar-refractivity contribution >= 4 is 0 Å². The maximum absolute atomic E-state index is 5.37. The Kier molecular flexibility index (Phi) is 3.10. The molecule has 0 saturated carbocycles. The van der Waals surface area contributed by atoms with Gasteiger partial charge in [0.25, 0.3) is 0 Å². The van der Waals surface area contributed by atoms with Gasteiger partial charge in [-0.15, -0.1) is 5.10 Å². The van der Waals surface area contributed by atoms with Gasteiger partial charge in [0.15, 0.2) is 0 Å². The van der Waals surface area contributed by atoms with Gasteiger partial charge in [-0.1, -0.05) is 5.21 Å². The van der Waals surface area contributed by atoms with E-state index in [9.17, 15) is 0 Å². The van der Waals surface area contributed by atoms with Crippen LogP contribution in [0.1, 0.15) is 18.5 Å². The first-order valence-electron chi connectivity index (χ1n) is 5.01. The zero-order valence-corrected chi connectivity index (χ0v) is 8.44. The molecule has 0 aromatic carbocycles. The molecule has 0 amide bonds. The molecule has 1 aliphatic heterocycles. The minimum absolute atomic E-state index is 0.478. The SMILES string of the molecule is Cn1cc(CNC2CCCOC2)nn1. The number of hydrogen-bond acceptors (Lipinski definition) is 4. The van der Waals surface area contributed by atoms with Crippen molar-refractivity contribution in [2.75, 3.05) is 13.2 Å². The maximum Gasteiger partial charge on any atom is 0.0964 e. The molecule has 0 spiro atoms. The van der Waals surface area contributed by atoms with Crippen LogP contribution in [0.15, 0.2) is 6.20 Å². The smallest absolute Gasteiger partial charge is 0.0964 e. The predicted octanol–water partition coefficient (Wildman–Crippen LogP) is 0.0837. The molecule has 1 aliphatic rings. The molecule has 1 aromatic heterocycles. The monoisotopic (exact) mass is 196 g/mol.